The number of anilines is 2. The first-order valence-electron chi connectivity index (χ1n) is 11.7. The molecule has 6 nitrogen and oxygen atoms in total. The van der Waals surface area contributed by atoms with E-state index < -0.39 is 17.8 Å². The van der Waals surface area contributed by atoms with Crippen LogP contribution in [0.4, 0.5) is 11.4 Å². The number of carbonyl (C=O) groups is 3. The Kier molecular flexibility index (Phi) is 7.16. The number of fused-ring (bicyclic) bond motifs is 2. The molecule has 0 saturated carbocycles. The van der Waals surface area contributed by atoms with Gasteiger partial charge < -0.3 is 9.74 Å². The van der Waals surface area contributed by atoms with Crippen LogP contribution in [-0.2, 0) is 25.8 Å². The quantitative estimate of drug-likeness (QED) is 0.320. The van der Waals surface area contributed by atoms with Gasteiger partial charge in [-0.3, -0.25) is 9.59 Å². The first-order chi connectivity index (χ1) is 17.5. The lowest BCUT2D eigenvalue weighted by atomic mass is 9.91. The maximum absolute atomic E-state index is 12.2. The van der Waals surface area contributed by atoms with Crippen molar-refractivity contribution in [1.29, 1.82) is 0 Å². The fourth-order valence-corrected chi connectivity index (χ4v) is 5.73. The number of thioether (sulfide) groups is 1. The lowest BCUT2D eigenvalue weighted by Crippen LogP contribution is -2.32. The van der Waals surface area contributed by atoms with Gasteiger partial charge in [0.05, 0.1) is 6.42 Å². The predicted octanol–water partition coefficient (Wildman–Crippen LogP) is 5.72. The Balaban J connectivity index is 1.38. The fraction of sp³-hybridized carbons (Fsp3) is 0.179. The van der Waals surface area contributed by atoms with Crippen LogP contribution in [0.3, 0.4) is 0 Å². The Morgan fingerprint density at radius 1 is 0.833 bits per heavy atom. The molecular weight excluding hydrogens is 492 g/mol. The Labute approximate surface area is 219 Å². The number of hydroxylamine groups is 2. The first-order valence-corrected chi connectivity index (χ1v) is 13.1. The van der Waals surface area contributed by atoms with Crippen molar-refractivity contribution in [1.82, 2.24) is 5.06 Å². The first kappa shape index (κ1) is 24.2. The lowest BCUT2D eigenvalue weighted by molar-refractivity contribution is -0.197. The number of imide groups is 1. The second-order valence-corrected chi connectivity index (χ2v) is 10.3. The van der Waals surface area contributed by atoms with E-state index in [9.17, 15) is 14.4 Å². The normalized spacial score (nSPS) is 14.5. The number of carbonyl (C=O) groups excluding carboxylic acids is 3. The number of amides is 2. The van der Waals surface area contributed by atoms with Gasteiger partial charge in [0.25, 0.3) is 11.8 Å². The van der Waals surface area contributed by atoms with Crippen LogP contribution in [0.2, 0.25) is 0 Å². The molecular formula is C28H24N2O4S2. The summed E-state index contributed by atoms with van der Waals surface area (Å²) >= 11 is 6.29. The van der Waals surface area contributed by atoms with Gasteiger partial charge in [-0.15, -0.1) is 29.5 Å². The van der Waals surface area contributed by atoms with Gasteiger partial charge in [0.15, 0.2) is 0 Å². The Hall–Kier alpha value is -3.49. The van der Waals surface area contributed by atoms with Crippen molar-refractivity contribution >= 4 is 59.1 Å². The van der Waals surface area contributed by atoms with Crippen LogP contribution < -0.4 is 4.90 Å². The number of thiol groups is 1. The van der Waals surface area contributed by atoms with Crippen molar-refractivity contribution < 1.29 is 19.2 Å². The second-order valence-electron chi connectivity index (χ2n) is 8.43. The van der Waals surface area contributed by atoms with Gasteiger partial charge in [0.1, 0.15) is 0 Å². The molecule has 0 atom stereocenters. The Bertz CT molecular complexity index is 1290. The minimum atomic E-state index is -0.615. The Morgan fingerprint density at radius 2 is 1.39 bits per heavy atom. The van der Waals surface area contributed by atoms with Crippen LogP contribution in [0.15, 0.2) is 83.1 Å². The molecule has 0 spiro atoms. The number of rotatable bonds is 7. The fourth-order valence-electron chi connectivity index (χ4n) is 4.39. The summed E-state index contributed by atoms with van der Waals surface area (Å²) in [6, 6.07) is 26.9. The minimum Gasteiger partial charge on any atom is -0.336 e. The van der Waals surface area contributed by atoms with E-state index in [4.69, 9.17) is 17.5 Å². The molecule has 2 aliphatic rings. The molecule has 2 amide bonds. The van der Waals surface area contributed by atoms with Gasteiger partial charge in [-0.1, -0.05) is 66.7 Å². The van der Waals surface area contributed by atoms with Crippen LogP contribution >= 0.6 is 24.4 Å². The van der Waals surface area contributed by atoms with E-state index in [2.05, 4.69) is 41.3 Å². The molecule has 8 heteroatoms. The van der Waals surface area contributed by atoms with Gasteiger partial charge in [0.2, 0.25) is 0 Å². The molecule has 0 bridgehead atoms. The van der Waals surface area contributed by atoms with Crippen LogP contribution in [-0.4, -0.2) is 28.6 Å². The van der Waals surface area contributed by atoms with Crippen molar-refractivity contribution in [3.05, 3.63) is 99.8 Å². The highest BCUT2D eigenvalue weighted by Gasteiger charge is 2.33. The summed E-state index contributed by atoms with van der Waals surface area (Å²) in [5.74, 6) is -1.17. The van der Waals surface area contributed by atoms with Gasteiger partial charge in [0, 0.05) is 57.5 Å². The molecule has 2 heterocycles. The summed E-state index contributed by atoms with van der Waals surface area (Å²) in [4.78, 5) is 42.9. The molecule has 182 valence electrons. The van der Waals surface area contributed by atoms with Crippen LogP contribution in [0.1, 0.15) is 36.0 Å². The van der Waals surface area contributed by atoms with Crippen molar-refractivity contribution in [2.75, 3.05) is 10.7 Å². The van der Waals surface area contributed by atoms with Crippen molar-refractivity contribution in [3.8, 4) is 0 Å². The molecule has 0 radical (unpaired) electrons. The average molecular weight is 517 g/mol. The number of hydrogen-bond acceptors (Lipinski definition) is 7. The smallest absolute Gasteiger partial charge is 0.334 e. The molecule has 0 N–H and O–H groups in total. The summed E-state index contributed by atoms with van der Waals surface area (Å²) in [6.07, 6.45) is 0.199. The van der Waals surface area contributed by atoms with Crippen LogP contribution in [0.25, 0.3) is 5.57 Å². The molecule has 0 aliphatic carbocycles. The van der Waals surface area contributed by atoms with E-state index in [-0.39, 0.29) is 19.3 Å². The maximum Gasteiger partial charge on any atom is 0.334 e. The number of nitrogens with zero attached hydrogens (tertiary/aromatic N) is 2. The molecule has 2 aliphatic heterocycles. The van der Waals surface area contributed by atoms with Gasteiger partial charge in [-0.2, -0.15) is 0 Å². The van der Waals surface area contributed by atoms with E-state index in [1.54, 1.807) is 0 Å². The molecule has 0 aromatic heterocycles. The van der Waals surface area contributed by atoms with Crippen LogP contribution in [0.5, 0.6) is 0 Å². The van der Waals surface area contributed by atoms with E-state index in [1.165, 1.54) is 17.3 Å². The van der Waals surface area contributed by atoms with Crippen LogP contribution in [0, 0.1) is 0 Å². The number of para-hydroxylation sites is 2. The van der Waals surface area contributed by atoms with Crippen molar-refractivity contribution in [2.45, 2.75) is 25.8 Å². The topological polar surface area (TPSA) is 66.9 Å². The molecule has 5 rings (SSSR count). The summed E-state index contributed by atoms with van der Waals surface area (Å²) < 4.78 is 0.787. The van der Waals surface area contributed by atoms with E-state index in [0.717, 1.165) is 38.9 Å². The summed E-state index contributed by atoms with van der Waals surface area (Å²) in [6.45, 7) is 0.733. The largest absolute Gasteiger partial charge is 0.336 e. The molecule has 1 fully saturated rings. The molecule has 1 saturated heterocycles. The SMILES string of the molecule is O=C(CCSC(S)=C1c2ccccc2N(Cc2ccccc2)c2ccccc21)ON1C(=O)CCC1=O. The van der Waals surface area contributed by atoms with Crippen molar-refractivity contribution in [3.63, 3.8) is 0 Å². The highest BCUT2D eigenvalue weighted by atomic mass is 32.2. The minimum absolute atomic E-state index is 0.0441. The summed E-state index contributed by atoms with van der Waals surface area (Å²) in [5, 5.41) is 0.585. The highest BCUT2D eigenvalue weighted by Crippen LogP contribution is 2.49. The Morgan fingerprint density at radius 3 is 2.00 bits per heavy atom. The monoisotopic (exact) mass is 516 g/mol. The standard InChI is InChI=1S/C28H24N2O4S2/c31-24-14-15-25(32)30(24)34-26(33)16-17-36-28(35)27-20-10-4-6-12-22(20)29(18-19-8-2-1-3-9-19)23-13-7-5-11-21(23)27/h1-13,35H,14-18H2. The lowest BCUT2D eigenvalue weighted by Gasteiger charge is -2.35. The maximum atomic E-state index is 12.2. The number of hydrogen-bond donors (Lipinski definition) is 1. The molecule has 3 aromatic rings. The zero-order valence-electron chi connectivity index (χ0n) is 19.4. The molecule has 3 aromatic carbocycles. The van der Waals surface area contributed by atoms with Gasteiger partial charge in [-0.05, 0) is 17.7 Å². The highest BCUT2D eigenvalue weighted by molar-refractivity contribution is 8.15. The molecule has 36 heavy (non-hydrogen) atoms. The summed E-state index contributed by atoms with van der Waals surface area (Å²) in [7, 11) is 0. The number of benzene rings is 3. The van der Waals surface area contributed by atoms with Crippen molar-refractivity contribution in [2.24, 2.45) is 0 Å². The third kappa shape index (κ3) is 4.92. The van der Waals surface area contributed by atoms with Gasteiger partial charge in [-0.25, -0.2) is 4.79 Å². The average Bonchev–Trinajstić information content (AvgIpc) is 3.21. The third-order valence-electron chi connectivity index (χ3n) is 6.07. The van der Waals surface area contributed by atoms with Gasteiger partial charge >= 0.3 is 5.97 Å². The van der Waals surface area contributed by atoms with E-state index in [0.29, 0.717) is 10.8 Å². The second kappa shape index (κ2) is 10.6. The zero-order chi connectivity index (χ0) is 25.1. The molecule has 0 unspecified atom stereocenters. The summed E-state index contributed by atoms with van der Waals surface area (Å²) in [5.41, 5.74) is 6.54. The van der Waals surface area contributed by atoms with E-state index in [1.807, 2.05) is 42.5 Å². The predicted molar refractivity (Wildman–Crippen MR) is 144 cm³/mol. The third-order valence-corrected chi connectivity index (χ3v) is 7.57. The van der Waals surface area contributed by atoms with E-state index >= 15 is 0 Å². The zero-order valence-corrected chi connectivity index (χ0v) is 21.1.